The average molecular weight is 613 g/mol. The number of ether oxygens (including phenoxy) is 2. The molecule has 1 aliphatic rings. The Kier molecular flexibility index (Phi) is 9.86. The number of carbonyl (C=O) groups is 3. The molecule has 0 spiro atoms. The Bertz CT molecular complexity index is 1560. The van der Waals surface area contributed by atoms with Crippen molar-refractivity contribution < 1.29 is 23.9 Å². The quantitative estimate of drug-likeness (QED) is 0.184. The number of aromatic amines is 1. The zero-order valence-corrected chi connectivity index (χ0v) is 25.8. The van der Waals surface area contributed by atoms with Crippen molar-refractivity contribution in [3.05, 3.63) is 90.0 Å². The smallest absolute Gasteiger partial charge is 0.408 e. The fourth-order valence-electron chi connectivity index (χ4n) is 5.09. The minimum absolute atomic E-state index is 0.0435. The zero-order chi connectivity index (χ0) is 31.8. The third-order valence-corrected chi connectivity index (χ3v) is 7.38. The number of nitrogens with one attached hydrogen (secondary N) is 4. The number of hydrogen-bond acceptors (Lipinski definition) is 8. The number of alkyl carbamates (subject to hydrolysis) is 1. The number of nitrogens with zero attached hydrogens (tertiary/aromatic N) is 2. The van der Waals surface area contributed by atoms with E-state index in [0.717, 1.165) is 54.2 Å². The van der Waals surface area contributed by atoms with Gasteiger partial charge in [0.15, 0.2) is 0 Å². The highest BCUT2D eigenvalue weighted by Gasteiger charge is 2.28. The van der Waals surface area contributed by atoms with E-state index in [-0.39, 0.29) is 19.1 Å². The van der Waals surface area contributed by atoms with Gasteiger partial charge in [-0.1, -0.05) is 42.5 Å². The van der Waals surface area contributed by atoms with Crippen molar-refractivity contribution in [3.8, 4) is 0 Å². The lowest BCUT2D eigenvalue weighted by Gasteiger charge is -2.34. The lowest BCUT2D eigenvalue weighted by molar-refractivity contribution is -0.157. The molecule has 11 nitrogen and oxygen atoms in total. The number of piperidine rings is 1. The van der Waals surface area contributed by atoms with Gasteiger partial charge in [0, 0.05) is 36.9 Å². The minimum Gasteiger partial charge on any atom is -0.458 e. The van der Waals surface area contributed by atoms with Crippen molar-refractivity contribution in [2.45, 2.75) is 57.9 Å². The highest BCUT2D eigenvalue weighted by Crippen LogP contribution is 2.23. The van der Waals surface area contributed by atoms with Crippen LogP contribution in [0, 0.1) is 0 Å². The molecule has 0 radical (unpaired) electrons. The summed E-state index contributed by atoms with van der Waals surface area (Å²) in [6.45, 7) is 6.81. The number of para-hydroxylation sites is 2. The molecule has 0 bridgehead atoms. The molecule has 1 aliphatic heterocycles. The van der Waals surface area contributed by atoms with Crippen molar-refractivity contribution in [2.24, 2.45) is 0 Å². The zero-order valence-electron chi connectivity index (χ0n) is 25.8. The Labute approximate surface area is 262 Å². The number of hydrogen-bond donors (Lipinski definition) is 4. The standard InChI is InChI=1S/C34H40N6O5/c1-34(2,3)45-31(42)29(39-33(43)44-22-23-9-5-4-6-10-23)21-35-30(41)24-13-15-26(16-14-24)40-19-17-25(18-20-40)36-32-37-27-11-7-8-12-28(27)38-32/h4-16,25,29H,17-22H2,1-3H3,(H,35,41)(H,39,43)(H2,36,37,38). The summed E-state index contributed by atoms with van der Waals surface area (Å²) in [5.74, 6) is -0.255. The molecule has 3 aromatic carbocycles. The van der Waals surface area contributed by atoms with Gasteiger partial charge in [0.05, 0.1) is 11.0 Å². The van der Waals surface area contributed by atoms with Crippen LogP contribution in [0.2, 0.25) is 0 Å². The molecule has 11 heteroatoms. The van der Waals surface area contributed by atoms with Crippen LogP contribution in [0.15, 0.2) is 78.9 Å². The van der Waals surface area contributed by atoms with Crippen LogP contribution in [0.3, 0.4) is 0 Å². The highest BCUT2D eigenvalue weighted by atomic mass is 16.6. The second-order valence-corrected chi connectivity index (χ2v) is 12.1. The molecule has 1 aromatic heterocycles. The van der Waals surface area contributed by atoms with Gasteiger partial charge in [-0.25, -0.2) is 14.6 Å². The summed E-state index contributed by atoms with van der Waals surface area (Å²) in [6.07, 6.45) is 1.11. The first-order chi connectivity index (χ1) is 21.6. The van der Waals surface area contributed by atoms with Gasteiger partial charge in [0.25, 0.3) is 5.91 Å². The summed E-state index contributed by atoms with van der Waals surface area (Å²) >= 11 is 0. The molecule has 1 fully saturated rings. The van der Waals surface area contributed by atoms with E-state index in [9.17, 15) is 14.4 Å². The van der Waals surface area contributed by atoms with Gasteiger partial charge in [-0.05, 0) is 75.6 Å². The van der Waals surface area contributed by atoms with Crippen LogP contribution in [-0.2, 0) is 20.9 Å². The first kappa shape index (κ1) is 31.4. The largest absolute Gasteiger partial charge is 0.458 e. The predicted molar refractivity (Wildman–Crippen MR) is 173 cm³/mol. The lowest BCUT2D eigenvalue weighted by Crippen LogP contribution is -2.50. The number of rotatable bonds is 10. The van der Waals surface area contributed by atoms with E-state index >= 15 is 0 Å². The third kappa shape index (κ3) is 8.98. The molecule has 4 N–H and O–H groups in total. The fraction of sp³-hybridized carbons (Fsp3) is 0.353. The molecule has 2 amide bonds. The molecule has 4 aromatic rings. The number of anilines is 2. The minimum atomic E-state index is -1.13. The van der Waals surface area contributed by atoms with Crippen molar-refractivity contribution in [1.29, 1.82) is 0 Å². The SMILES string of the molecule is CC(C)(C)OC(=O)C(CNC(=O)c1ccc(N2CCC(Nc3nc4ccccc4[nH]3)CC2)cc1)NC(=O)OCc1ccccc1. The maximum Gasteiger partial charge on any atom is 0.408 e. The molecular weight excluding hydrogens is 572 g/mol. The Morgan fingerprint density at radius 2 is 1.64 bits per heavy atom. The van der Waals surface area contributed by atoms with Gasteiger partial charge in [-0.15, -0.1) is 0 Å². The molecular formula is C34H40N6O5. The summed E-state index contributed by atoms with van der Waals surface area (Å²) in [5.41, 5.74) is 3.46. The monoisotopic (exact) mass is 612 g/mol. The third-order valence-electron chi connectivity index (χ3n) is 7.38. The van der Waals surface area contributed by atoms with E-state index in [1.807, 2.05) is 66.7 Å². The number of esters is 1. The van der Waals surface area contributed by atoms with Crippen LogP contribution in [0.5, 0.6) is 0 Å². The Morgan fingerprint density at radius 1 is 0.956 bits per heavy atom. The normalized spacial score (nSPS) is 14.4. The number of amides is 2. The topological polar surface area (TPSA) is 138 Å². The van der Waals surface area contributed by atoms with E-state index in [1.54, 1.807) is 32.9 Å². The summed E-state index contributed by atoms with van der Waals surface area (Å²) in [7, 11) is 0. The van der Waals surface area contributed by atoms with Crippen LogP contribution in [0.25, 0.3) is 11.0 Å². The number of benzene rings is 3. The number of imidazole rings is 1. The van der Waals surface area contributed by atoms with E-state index in [0.29, 0.717) is 11.6 Å². The molecule has 236 valence electrons. The maximum atomic E-state index is 13.0. The van der Waals surface area contributed by atoms with E-state index < -0.39 is 23.7 Å². The number of carbonyl (C=O) groups excluding carboxylic acids is 3. The van der Waals surface area contributed by atoms with E-state index in [4.69, 9.17) is 9.47 Å². The van der Waals surface area contributed by atoms with Crippen molar-refractivity contribution >= 4 is 40.6 Å². The molecule has 1 unspecified atom stereocenters. The molecule has 45 heavy (non-hydrogen) atoms. The number of H-pyrrole nitrogens is 1. The second kappa shape index (κ2) is 14.1. The average Bonchev–Trinajstić information content (AvgIpc) is 3.44. The van der Waals surface area contributed by atoms with Gasteiger partial charge >= 0.3 is 12.1 Å². The molecule has 1 atom stereocenters. The molecule has 2 heterocycles. The van der Waals surface area contributed by atoms with E-state index in [1.165, 1.54) is 0 Å². The molecule has 1 saturated heterocycles. The van der Waals surface area contributed by atoms with Gasteiger partial charge in [-0.2, -0.15) is 0 Å². The summed E-state index contributed by atoms with van der Waals surface area (Å²) in [6, 6.07) is 23.7. The Balaban J connectivity index is 1.11. The Morgan fingerprint density at radius 3 is 2.33 bits per heavy atom. The number of aromatic nitrogens is 2. The second-order valence-electron chi connectivity index (χ2n) is 12.1. The predicted octanol–water partition coefficient (Wildman–Crippen LogP) is 5.01. The van der Waals surface area contributed by atoms with Crippen molar-refractivity contribution in [3.63, 3.8) is 0 Å². The van der Waals surface area contributed by atoms with Crippen LogP contribution in [0.1, 0.15) is 49.5 Å². The van der Waals surface area contributed by atoms with Gasteiger partial charge < -0.3 is 35.3 Å². The van der Waals surface area contributed by atoms with E-state index in [2.05, 4.69) is 30.8 Å². The summed E-state index contributed by atoms with van der Waals surface area (Å²) in [4.78, 5) is 48.6. The van der Waals surface area contributed by atoms with Crippen LogP contribution < -0.4 is 20.9 Å². The Hall–Kier alpha value is -5.06. The first-order valence-electron chi connectivity index (χ1n) is 15.2. The van der Waals surface area contributed by atoms with Crippen molar-refractivity contribution in [2.75, 3.05) is 29.9 Å². The van der Waals surface area contributed by atoms with Gasteiger partial charge in [0.1, 0.15) is 18.2 Å². The van der Waals surface area contributed by atoms with Crippen molar-refractivity contribution in [1.82, 2.24) is 20.6 Å². The fourth-order valence-corrected chi connectivity index (χ4v) is 5.09. The molecule has 0 saturated carbocycles. The van der Waals surface area contributed by atoms with Gasteiger partial charge in [-0.3, -0.25) is 4.79 Å². The molecule has 0 aliphatic carbocycles. The van der Waals surface area contributed by atoms with Crippen LogP contribution >= 0.6 is 0 Å². The highest BCUT2D eigenvalue weighted by molar-refractivity contribution is 5.95. The van der Waals surface area contributed by atoms with Crippen LogP contribution in [-0.4, -0.2) is 65.3 Å². The number of fused-ring (bicyclic) bond motifs is 1. The summed E-state index contributed by atoms with van der Waals surface area (Å²) in [5, 5.41) is 8.79. The van der Waals surface area contributed by atoms with Crippen LogP contribution in [0.4, 0.5) is 16.4 Å². The molecule has 5 rings (SSSR count). The van der Waals surface area contributed by atoms with Gasteiger partial charge in [0.2, 0.25) is 5.95 Å². The first-order valence-corrected chi connectivity index (χ1v) is 15.2. The summed E-state index contributed by atoms with van der Waals surface area (Å²) < 4.78 is 10.7. The maximum absolute atomic E-state index is 13.0. The lowest BCUT2D eigenvalue weighted by atomic mass is 10.0.